The maximum Gasteiger partial charge on any atom is 0.408 e. The number of methoxy groups -OCH3 is 1. The minimum Gasteiger partial charge on any atom is -0.494 e. The van der Waals surface area contributed by atoms with Crippen molar-refractivity contribution in [2.75, 3.05) is 30.8 Å². The number of halogens is 3. The predicted octanol–water partition coefficient (Wildman–Crippen LogP) is 2.62. The highest BCUT2D eigenvalue weighted by atomic mass is 19.4. The number of fused-ring (bicyclic) bond motifs is 3. The second-order valence-corrected chi connectivity index (χ2v) is 7.47. The lowest BCUT2D eigenvalue weighted by Crippen LogP contribution is -2.20. The van der Waals surface area contributed by atoms with Gasteiger partial charge in [0.1, 0.15) is 17.8 Å². The van der Waals surface area contributed by atoms with Crippen molar-refractivity contribution in [1.82, 2.24) is 29.4 Å². The zero-order valence-corrected chi connectivity index (χ0v) is 16.5. The molecule has 0 radical (unpaired) electrons. The van der Waals surface area contributed by atoms with E-state index in [1.165, 1.54) is 16.9 Å². The lowest BCUT2D eigenvalue weighted by molar-refractivity contribution is -0.142. The summed E-state index contributed by atoms with van der Waals surface area (Å²) >= 11 is 0. The zero-order chi connectivity index (χ0) is 21.8. The molecule has 2 N–H and O–H groups in total. The fraction of sp³-hybridized carbons (Fsp3) is 0.368. The highest BCUT2D eigenvalue weighted by molar-refractivity contribution is 5.95. The van der Waals surface area contributed by atoms with E-state index in [1.807, 2.05) is 17.0 Å². The Labute approximate surface area is 174 Å². The van der Waals surface area contributed by atoms with Crippen molar-refractivity contribution < 1.29 is 17.9 Å². The Morgan fingerprint density at radius 3 is 2.87 bits per heavy atom. The van der Waals surface area contributed by atoms with Gasteiger partial charge in [-0.1, -0.05) is 6.07 Å². The first kappa shape index (κ1) is 19.4. The zero-order valence-electron chi connectivity index (χ0n) is 16.5. The number of nitrogen functional groups attached to an aromatic ring is 1. The molecule has 1 saturated heterocycles. The number of rotatable bonds is 4. The number of anilines is 2. The molecule has 1 aromatic carbocycles. The molecule has 1 aliphatic heterocycles. The molecule has 3 aromatic heterocycles. The van der Waals surface area contributed by atoms with Crippen LogP contribution in [0.2, 0.25) is 0 Å². The van der Waals surface area contributed by atoms with E-state index in [-0.39, 0.29) is 11.9 Å². The maximum absolute atomic E-state index is 12.6. The van der Waals surface area contributed by atoms with Crippen molar-refractivity contribution in [2.45, 2.75) is 25.1 Å². The molecule has 1 aliphatic rings. The largest absolute Gasteiger partial charge is 0.494 e. The van der Waals surface area contributed by atoms with Gasteiger partial charge in [0.05, 0.1) is 19.0 Å². The maximum atomic E-state index is 12.6. The molecule has 0 unspecified atom stereocenters. The van der Waals surface area contributed by atoms with E-state index < -0.39 is 12.7 Å². The van der Waals surface area contributed by atoms with Gasteiger partial charge in [0.15, 0.2) is 11.5 Å². The number of ether oxygens (including phenoxy) is 1. The van der Waals surface area contributed by atoms with E-state index in [0.717, 1.165) is 16.5 Å². The summed E-state index contributed by atoms with van der Waals surface area (Å²) in [6, 6.07) is 5.54. The first-order chi connectivity index (χ1) is 14.8. The lowest BCUT2D eigenvalue weighted by atomic mass is 10.1. The van der Waals surface area contributed by atoms with Crippen molar-refractivity contribution >= 4 is 28.2 Å². The van der Waals surface area contributed by atoms with Crippen LogP contribution in [0.1, 0.15) is 18.2 Å². The minimum atomic E-state index is -4.31. The van der Waals surface area contributed by atoms with Gasteiger partial charge in [-0.2, -0.15) is 22.8 Å². The van der Waals surface area contributed by atoms with Crippen molar-refractivity contribution in [1.29, 1.82) is 0 Å². The van der Waals surface area contributed by atoms with Crippen LogP contribution in [-0.2, 0) is 6.54 Å². The third-order valence-electron chi connectivity index (χ3n) is 5.41. The number of nitrogens with zero attached hydrogens (tertiary/aromatic N) is 7. The average molecular weight is 432 g/mol. The van der Waals surface area contributed by atoms with Crippen molar-refractivity contribution in [2.24, 2.45) is 0 Å². The molecular formula is C19H19F3N8O. The van der Waals surface area contributed by atoms with Gasteiger partial charge in [0.2, 0.25) is 5.95 Å². The highest BCUT2D eigenvalue weighted by Gasteiger charge is 2.31. The van der Waals surface area contributed by atoms with E-state index in [4.69, 9.17) is 15.5 Å². The Kier molecular flexibility index (Phi) is 4.38. The van der Waals surface area contributed by atoms with Gasteiger partial charge in [-0.3, -0.25) is 4.68 Å². The van der Waals surface area contributed by atoms with Crippen LogP contribution in [0.3, 0.4) is 0 Å². The van der Waals surface area contributed by atoms with Gasteiger partial charge >= 0.3 is 6.18 Å². The van der Waals surface area contributed by atoms with E-state index in [0.29, 0.717) is 41.5 Å². The Bertz CT molecular complexity index is 1260. The standard InChI is InChI=1S/C19H19F3N8O/c1-31-14-4-2-3-13-15(14)25-18(23)30-17(13)26-16(27-30)11-5-6-28(8-11)12-7-24-29(9-12)10-19(20,21)22/h2-4,7,9,11H,5-6,8,10H2,1H3,(H2,23,25)/t11-/m1/s1. The molecule has 9 nitrogen and oxygen atoms in total. The van der Waals surface area contributed by atoms with Crippen molar-refractivity contribution in [3.63, 3.8) is 0 Å². The quantitative estimate of drug-likeness (QED) is 0.529. The summed E-state index contributed by atoms with van der Waals surface area (Å²) in [4.78, 5) is 11.1. The SMILES string of the molecule is COc1cccc2c1nc(N)n1nc([C@@H]3CCN(c4cnn(CC(F)(F)F)c4)C3)nc21. The molecule has 1 atom stereocenters. The monoisotopic (exact) mass is 432 g/mol. The Balaban J connectivity index is 1.43. The predicted molar refractivity (Wildman–Crippen MR) is 107 cm³/mol. The van der Waals surface area contributed by atoms with Crippen molar-refractivity contribution in [3.8, 4) is 5.75 Å². The van der Waals surface area contributed by atoms with Gasteiger partial charge in [-0.05, 0) is 18.6 Å². The van der Waals surface area contributed by atoms with Gasteiger partial charge in [-0.15, -0.1) is 5.10 Å². The molecule has 0 aliphatic carbocycles. The summed E-state index contributed by atoms with van der Waals surface area (Å²) < 4.78 is 45.6. The average Bonchev–Trinajstić information content (AvgIpc) is 3.45. The van der Waals surface area contributed by atoms with Crippen LogP contribution in [0.4, 0.5) is 24.8 Å². The summed E-state index contributed by atoms with van der Waals surface area (Å²) in [5.74, 6) is 1.42. The van der Waals surface area contributed by atoms with Gasteiger partial charge in [0.25, 0.3) is 0 Å². The minimum absolute atomic E-state index is 0.00549. The van der Waals surface area contributed by atoms with Crippen LogP contribution in [0.25, 0.3) is 16.6 Å². The van der Waals surface area contributed by atoms with Crippen LogP contribution in [-0.4, -0.2) is 55.7 Å². The third kappa shape index (κ3) is 3.47. The van der Waals surface area contributed by atoms with Crippen molar-refractivity contribution in [3.05, 3.63) is 36.4 Å². The van der Waals surface area contributed by atoms with Gasteiger partial charge in [-0.25, -0.2) is 9.97 Å². The number of aromatic nitrogens is 6. The van der Waals surface area contributed by atoms with Crippen LogP contribution in [0.15, 0.2) is 30.6 Å². The van der Waals surface area contributed by atoms with Crippen LogP contribution >= 0.6 is 0 Å². The molecule has 0 amide bonds. The normalized spacial score (nSPS) is 17.2. The number of para-hydroxylation sites is 1. The number of hydrogen-bond acceptors (Lipinski definition) is 7. The van der Waals surface area contributed by atoms with E-state index >= 15 is 0 Å². The van der Waals surface area contributed by atoms with Gasteiger partial charge in [0, 0.05) is 30.6 Å². The first-order valence-electron chi connectivity index (χ1n) is 9.65. The van der Waals surface area contributed by atoms with E-state index in [9.17, 15) is 13.2 Å². The smallest absolute Gasteiger partial charge is 0.408 e. The molecule has 4 heterocycles. The van der Waals surface area contributed by atoms with Crippen LogP contribution in [0, 0.1) is 0 Å². The number of benzene rings is 1. The Morgan fingerprint density at radius 1 is 1.26 bits per heavy atom. The molecule has 1 fully saturated rings. The second-order valence-electron chi connectivity index (χ2n) is 7.47. The van der Waals surface area contributed by atoms with E-state index in [2.05, 4.69) is 15.2 Å². The second kappa shape index (κ2) is 7.00. The number of alkyl halides is 3. The molecule has 162 valence electrons. The molecule has 5 rings (SSSR count). The fourth-order valence-corrected chi connectivity index (χ4v) is 3.97. The topological polar surface area (TPSA) is 99.4 Å². The fourth-order valence-electron chi connectivity index (χ4n) is 3.97. The van der Waals surface area contributed by atoms with Gasteiger partial charge < -0.3 is 15.4 Å². The highest BCUT2D eigenvalue weighted by Crippen LogP contribution is 2.32. The Hall–Kier alpha value is -3.57. The molecule has 0 spiro atoms. The summed E-state index contributed by atoms with van der Waals surface area (Å²) in [6.07, 6.45) is -0.686. The summed E-state index contributed by atoms with van der Waals surface area (Å²) in [7, 11) is 1.57. The molecular weight excluding hydrogens is 413 g/mol. The molecule has 12 heteroatoms. The summed E-state index contributed by atoms with van der Waals surface area (Å²) in [5.41, 5.74) is 7.96. The van der Waals surface area contributed by atoms with Crippen LogP contribution < -0.4 is 15.4 Å². The Morgan fingerprint density at radius 2 is 2.10 bits per heavy atom. The lowest BCUT2D eigenvalue weighted by Gasteiger charge is -2.15. The number of hydrogen-bond donors (Lipinski definition) is 1. The molecule has 4 aromatic rings. The molecule has 0 bridgehead atoms. The summed E-state index contributed by atoms with van der Waals surface area (Å²) in [6.45, 7) is 0.129. The first-order valence-corrected chi connectivity index (χ1v) is 9.65. The third-order valence-corrected chi connectivity index (χ3v) is 5.41. The summed E-state index contributed by atoms with van der Waals surface area (Å²) in [5, 5.41) is 9.16. The molecule has 31 heavy (non-hydrogen) atoms. The van der Waals surface area contributed by atoms with Crippen LogP contribution in [0.5, 0.6) is 5.75 Å². The molecule has 0 saturated carbocycles. The number of nitrogens with two attached hydrogens (primary N) is 1. The van der Waals surface area contributed by atoms with E-state index in [1.54, 1.807) is 13.2 Å².